The number of halogens is 4. The van der Waals surface area contributed by atoms with Gasteiger partial charge in [0.05, 0.1) is 27.3 Å². The fourth-order valence-electron chi connectivity index (χ4n) is 2.78. The Labute approximate surface area is 175 Å². The standard InChI is InChI=1S/C19H12Cl3FNO3P/c20-14-5-3-6-15(21)19(14)27-28(25)24(13-8-9-17(23)16(22)10-13)11-12-4-1-2-7-18(12)26-28/h1-10H,11H2. The molecule has 1 aliphatic heterocycles. The van der Waals surface area contributed by atoms with E-state index in [-0.39, 0.29) is 27.4 Å². The predicted molar refractivity (Wildman–Crippen MR) is 109 cm³/mol. The predicted octanol–water partition coefficient (Wildman–Crippen LogP) is 7.37. The van der Waals surface area contributed by atoms with Crippen molar-refractivity contribution in [3.8, 4) is 11.5 Å². The largest absolute Gasteiger partial charge is 0.544 e. The van der Waals surface area contributed by atoms with Gasteiger partial charge in [0.15, 0.2) is 5.75 Å². The number of fused-ring (bicyclic) bond motifs is 1. The topological polar surface area (TPSA) is 38.8 Å². The van der Waals surface area contributed by atoms with Crippen LogP contribution in [0.2, 0.25) is 15.1 Å². The molecule has 0 aliphatic carbocycles. The Balaban J connectivity index is 1.83. The minimum atomic E-state index is -4.01. The van der Waals surface area contributed by atoms with Crippen molar-refractivity contribution in [1.29, 1.82) is 0 Å². The number of benzene rings is 3. The third-order valence-electron chi connectivity index (χ3n) is 4.13. The van der Waals surface area contributed by atoms with Gasteiger partial charge in [0.2, 0.25) is 0 Å². The molecular weight excluding hydrogens is 447 g/mol. The summed E-state index contributed by atoms with van der Waals surface area (Å²) in [6.45, 7) is 0.192. The Morgan fingerprint density at radius 3 is 2.39 bits per heavy atom. The number of nitrogens with zero attached hydrogens (tertiary/aromatic N) is 1. The van der Waals surface area contributed by atoms with Crippen molar-refractivity contribution in [2.24, 2.45) is 0 Å². The molecule has 1 atom stereocenters. The number of hydrogen-bond donors (Lipinski definition) is 0. The first-order valence-corrected chi connectivity index (χ1v) is 10.7. The van der Waals surface area contributed by atoms with Crippen molar-refractivity contribution >= 4 is 48.2 Å². The summed E-state index contributed by atoms with van der Waals surface area (Å²) in [6, 6.07) is 15.9. The van der Waals surface area contributed by atoms with E-state index in [2.05, 4.69) is 0 Å². The summed E-state index contributed by atoms with van der Waals surface area (Å²) in [5.74, 6) is -0.140. The van der Waals surface area contributed by atoms with Crippen molar-refractivity contribution in [2.75, 3.05) is 4.67 Å². The molecule has 0 amide bonds. The zero-order valence-corrected chi connectivity index (χ0v) is 17.3. The highest BCUT2D eigenvalue weighted by Crippen LogP contribution is 2.59. The first-order chi connectivity index (χ1) is 13.4. The second-order valence-corrected chi connectivity index (χ2v) is 8.97. The van der Waals surface area contributed by atoms with E-state index in [1.165, 1.54) is 22.9 Å². The molecule has 144 valence electrons. The first kappa shape index (κ1) is 19.4. The van der Waals surface area contributed by atoms with Crippen LogP contribution in [0.3, 0.4) is 0 Å². The lowest BCUT2D eigenvalue weighted by atomic mass is 10.2. The molecule has 4 nitrogen and oxygen atoms in total. The zero-order valence-electron chi connectivity index (χ0n) is 14.1. The van der Waals surface area contributed by atoms with Crippen LogP contribution < -0.4 is 13.7 Å². The molecule has 0 bridgehead atoms. The molecule has 0 saturated heterocycles. The highest BCUT2D eigenvalue weighted by molar-refractivity contribution is 7.56. The van der Waals surface area contributed by atoms with Crippen LogP contribution in [0.15, 0.2) is 60.7 Å². The lowest BCUT2D eigenvalue weighted by Gasteiger charge is -2.36. The summed E-state index contributed by atoms with van der Waals surface area (Å²) < 4.78 is 40.4. The molecule has 9 heteroatoms. The number of hydrogen-bond acceptors (Lipinski definition) is 3. The summed E-state index contributed by atoms with van der Waals surface area (Å²) in [5.41, 5.74) is 1.15. The molecule has 0 aromatic heterocycles. The summed E-state index contributed by atoms with van der Waals surface area (Å²) >= 11 is 18.3. The third-order valence-corrected chi connectivity index (χ3v) is 6.82. The molecule has 0 spiro atoms. The van der Waals surface area contributed by atoms with Crippen LogP contribution in [0.5, 0.6) is 11.5 Å². The van der Waals surface area contributed by atoms with Crippen LogP contribution in [0.1, 0.15) is 5.56 Å². The molecule has 4 rings (SSSR count). The summed E-state index contributed by atoms with van der Waals surface area (Å²) in [6.07, 6.45) is 0. The maximum atomic E-state index is 13.8. The van der Waals surface area contributed by atoms with E-state index in [1.54, 1.807) is 30.3 Å². The van der Waals surface area contributed by atoms with Gasteiger partial charge in [-0.05, 0) is 36.4 Å². The van der Waals surface area contributed by atoms with Crippen LogP contribution in [-0.2, 0) is 11.1 Å². The summed E-state index contributed by atoms with van der Waals surface area (Å²) in [5, 5.41) is 0.253. The minimum Gasteiger partial charge on any atom is -0.400 e. The lowest BCUT2D eigenvalue weighted by Crippen LogP contribution is -2.29. The summed E-state index contributed by atoms with van der Waals surface area (Å²) in [4.78, 5) is 0. The average molecular weight is 459 g/mol. The van der Waals surface area contributed by atoms with Crippen LogP contribution >= 0.6 is 42.5 Å². The van der Waals surface area contributed by atoms with Gasteiger partial charge in [0.25, 0.3) is 0 Å². The quantitative estimate of drug-likeness (QED) is 0.384. The smallest absolute Gasteiger partial charge is 0.400 e. The molecule has 1 aliphatic rings. The van der Waals surface area contributed by atoms with Gasteiger partial charge in [-0.25, -0.2) is 8.96 Å². The molecule has 0 N–H and O–H groups in total. The Hall–Kier alpha value is -1.91. The fraction of sp³-hybridized carbons (Fsp3) is 0.0526. The van der Waals surface area contributed by atoms with Gasteiger partial charge < -0.3 is 9.05 Å². The molecule has 3 aromatic carbocycles. The SMILES string of the molecule is O=P1(Oc2c(Cl)cccc2Cl)Oc2ccccc2CN1c1ccc(F)c(Cl)c1. The zero-order chi connectivity index (χ0) is 19.9. The summed E-state index contributed by atoms with van der Waals surface area (Å²) in [7, 11) is -4.01. The van der Waals surface area contributed by atoms with E-state index in [4.69, 9.17) is 43.9 Å². The molecule has 1 unspecified atom stereocenters. The minimum absolute atomic E-state index is 0.0340. The van der Waals surface area contributed by atoms with E-state index < -0.39 is 13.6 Å². The molecular formula is C19H12Cl3FNO3P. The van der Waals surface area contributed by atoms with Gasteiger partial charge in [0.1, 0.15) is 11.6 Å². The monoisotopic (exact) mass is 457 g/mol. The lowest BCUT2D eigenvalue weighted by molar-refractivity contribution is 0.370. The Morgan fingerprint density at radius 1 is 0.964 bits per heavy atom. The number of anilines is 1. The molecule has 1 heterocycles. The van der Waals surface area contributed by atoms with Crippen LogP contribution in [0, 0.1) is 5.82 Å². The third kappa shape index (κ3) is 3.56. The van der Waals surface area contributed by atoms with E-state index >= 15 is 0 Å². The maximum Gasteiger partial charge on any atom is 0.544 e. The van der Waals surface area contributed by atoms with Gasteiger partial charge in [-0.2, -0.15) is 0 Å². The molecule has 0 radical (unpaired) electrons. The molecule has 0 saturated carbocycles. The highest BCUT2D eigenvalue weighted by atomic mass is 35.5. The van der Waals surface area contributed by atoms with Crippen LogP contribution in [-0.4, -0.2) is 0 Å². The Bertz CT molecular complexity index is 1090. The van der Waals surface area contributed by atoms with Gasteiger partial charge in [-0.1, -0.05) is 59.1 Å². The highest BCUT2D eigenvalue weighted by Gasteiger charge is 2.43. The van der Waals surface area contributed by atoms with E-state index in [9.17, 15) is 8.96 Å². The van der Waals surface area contributed by atoms with Crippen molar-refractivity contribution in [2.45, 2.75) is 6.54 Å². The average Bonchev–Trinajstić information content (AvgIpc) is 2.66. The van der Waals surface area contributed by atoms with Crippen LogP contribution in [0.25, 0.3) is 0 Å². The number of para-hydroxylation sites is 2. The normalized spacial score (nSPS) is 18.4. The van der Waals surface area contributed by atoms with E-state index in [0.717, 1.165) is 5.56 Å². The van der Waals surface area contributed by atoms with E-state index in [0.29, 0.717) is 11.4 Å². The Morgan fingerprint density at radius 2 is 1.68 bits per heavy atom. The van der Waals surface area contributed by atoms with Gasteiger partial charge in [-0.3, -0.25) is 4.67 Å². The second-order valence-electron chi connectivity index (χ2n) is 5.97. The van der Waals surface area contributed by atoms with Gasteiger partial charge in [-0.15, -0.1) is 0 Å². The van der Waals surface area contributed by atoms with Crippen LogP contribution in [0.4, 0.5) is 10.1 Å². The van der Waals surface area contributed by atoms with E-state index in [1.807, 2.05) is 12.1 Å². The molecule has 3 aromatic rings. The van der Waals surface area contributed by atoms with Crippen molar-refractivity contribution in [1.82, 2.24) is 0 Å². The van der Waals surface area contributed by atoms with Gasteiger partial charge in [0, 0.05) is 5.56 Å². The van der Waals surface area contributed by atoms with Gasteiger partial charge >= 0.3 is 7.75 Å². The van der Waals surface area contributed by atoms with Crippen molar-refractivity contribution in [3.05, 3.63) is 87.1 Å². The molecule has 28 heavy (non-hydrogen) atoms. The van der Waals surface area contributed by atoms with Crippen molar-refractivity contribution in [3.63, 3.8) is 0 Å². The molecule has 0 fully saturated rings. The first-order valence-electron chi connectivity index (χ1n) is 8.11. The Kier molecular flexibility index (Phi) is 5.19. The van der Waals surface area contributed by atoms with Crippen molar-refractivity contribution < 1.29 is 18.0 Å². The number of rotatable bonds is 3. The second kappa shape index (κ2) is 7.49. The maximum absolute atomic E-state index is 13.8. The fourth-order valence-corrected chi connectivity index (χ4v) is 5.35.